The van der Waals surface area contributed by atoms with Crippen molar-refractivity contribution in [1.29, 1.82) is 0 Å². The summed E-state index contributed by atoms with van der Waals surface area (Å²) in [6.45, 7) is 4.03. The third-order valence-corrected chi connectivity index (χ3v) is 2.55. The summed E-state index contributed by atoms with van der Waals surface area (Å²) in [5.74, 6) is -0.233. The van der Waals surface area contributed by atoms with Crippen LogP contribution >= 0.6 is 12.4 Å². The van der Waals surface area contributed by atoms with Crippen LogP contribution in [-0.4, -0.2) is 23.4 Å². The van der Waals surface area contributed by atoms with Gasteiger partial charge < -0.3 is 11.1 Å². The Morgan fingerprint density at radius 1 is 1.53 bits per heavy atom. The molecule has 1 unspecified atom stereocenters. The molecule has 1 aromatic carbocycles. The van der Waals surface area contributed by atoms with E-state index in [1.54, 1.807) is 6.92 Å². The third kappa shape index (κ3) is 5.23. The van der Waals surface area contributed by atoms with E-state index in [9.17, 15) is 14.9 Å². The predicted molar refractivity (Wildman–Crippen MR) is 75.7 cm³/mol. The van der Waals surface area contributed by atoms with Gasteiger partial charge in [0.15, 0.2) is 0 Å². The molecule has 0 heterocycles. The molecule has 0 fully saturated rings. The van der Waals surface area contributed by atoms with Crippen LogP contribution in [0.1, 0.15) is 29.3 Å². The van der Waals surface area contributed by atoms with Gasteiger partial charge in [-0.2, -0.15) is 0 Å². The molecule has 1 amide bonds. The fourth-order valence-electron chi connectivity index (χ4n) is 1.52. The maximum absolute atomic E-state index is 11.8. The summed E-state index contributed by atoms with van der Waals surface area (Å²) in [6, 6.07) is 4.21. The highest BCUT2D eigenvalue weighted by Crippen LogP contribution is 2.16. The second-order valence-electron chi connectivity index (χ2n) is 4.28. The molecular formula is C12H18ClN3O3. The van der Waals surface area contributed by atoms with E-state index in [0.717, 1.165) is 0 Å². The Hall–Kier alpha value is -1.66. The van der Waals surface area contributed by atoms with E-state index < -0.39 is 4.92 Å². The lowest BCUT2D eigenvalue weighted by Crippen LogP contribution is -2.29. The summed E-state index contributed by atoms with van der Waals surface area (Å²) in [7, 11) is 0. The molecule has 0 saturated carbocycles. The maximum Gasteiger partial charge on any atom is 0.269 e. The molecule has 3 N–H and O–H groups in total. The van der Waals surface area contributed by atoms with Gasteiger partial charge in [-0.25, -0.2) is 0 Å². The number of hydrogen-bond acceptors (Lipinski definition) is 4. The number of rotatable bonds is 5. The van der Waals surface area contributed by atoms with Crippen molar-refractivity contribution in [2.24, 2.45) is 5.73 Å². The molecule has 0 radical (unpaired) electrons. The Morgan fingerprint density at radius 2 is 2.16 bits per heavy atom. The van der Waals surface area contributed by atoms with E-state index >= 15 is 0 Å². The first-order valence-electron chi connectivity index (χ1n) is 5.70. The lowest BCUT2D eigenvalue weighted by Gasteiger charge is -2.09. The van der Waals surface area contributed by atoms with Crippen LogP contribution in [-0.2, 0) is 0 Å². The van der Waals surface area contributed by atoms with Gasteiger partial charge in [-0.1, -0.05) is 0 Å². The molecule has 1 aromatic rings. The molecule has 0 aliphatic rings. The zero-order chi connectivity index (χ0) is 13.7. The second-order valence-corrected chi connectivity index (χ2v) is 4.28. The number of aryl methyl sites for hydroxylation is 1. The Morgan fingerprint density at radius 3 is 2.63 bits per heavy atom. The van der Waals surface area contributed by atoms with Gasteiger partial charge in [-0.15, -0.1) is 12.4 Å². The van der Waals surface area contributed by atoms with Crippen molar-refractivity contribution in [3.63, 3.8) is 0 Å². The van der Waals surface area contributed by atoms with E-state index in [4.69, 9.17) is 5.73 Å². The topological polar surface area (TPSA) is 98.3 Å². The highest BCUT2D eigenvalue weighted by atomic mass is 35.5. The molecule has 1 rings (SSSR count). The van der Waals surface area contributed by atoms with Crippen molar-refractivity contribution in [1.82, 2.24) is 5.32 Å². The van der Waals surface area contributed by atoms with Gasteiger partial charge in [0.05, 0.1) is 4.92 Å². The molecule has 1 atom stereocenters. The molecule has 106 valence electrons. The largest absolute Gasteiger partial charge is 0.352 e. The third-order valence-electron chi connectivity index (χ3n) is 2.55. The molecule has 0 aliphatic heterocycles. The first kappa shape index (κ1) is 17.3. The van der Waals surface area contributed by atoms with Crippen LogP contribution in [0.15, 0.2) is 18.2 Å². The number of carbonyl (C=O) groups is 1. The fraction of sp³-hybridized carbons (Fsp3) is 0.417. The van der Waals surface area contributed by atoms with Crippen LogP contribution < -0.4 is 11.1 Å². The number of nitrogens with two attached hydrogens (primary N) is 1. The average Bonchev–Trinajstić information content (AvgIpc) is 2.27. The van der Waals surface area contributed by atoms with E-state index in [1.807, 2.05) is 6.92 Å². The molecule has 0 aromatic heterocycles. The van der Waals surface area contributed by atoms with Crippen LogP contribution in [0, 0.1) is 17.0 Å². The first-order chi connectivity index (χ1) is 8.41. The molecular weight excluding hydrogens is 270 g/mol. The molecule has 0 aliphatic carbocycles. The number of nitrogens with one attached hydrogen (secondary N) is 1. The number of nitro groups is 1. The van der Waals surface area contributed by atoms with Gasteiger partial charge in [0, 0.05) is 30.3 Å². The zero-order valence-electron chi connectivity index (χ0n) is 10.9. The Balaban J connectivity index is 0.00000324. The van der Waals surface area contributed by atoms with E-state index in [0.29, 0.717) is 24.1 Å². The number of non-ortho nitro benzene ring substituents is 1. The SMILES string of the molecule is Cc1cc([N+](=O)[O-])ccc1C(=O)NCCC(C)N.Cl. The molecule has 7 heteroatoms. The van der Waals surface area contributed by atoms with Crippen molar-refractivity contribution in [3.05, 3.63) is 39.4 Å². The highest BCUT2D eigenvalue weighted by Gasteiger charge is 2.13. The first-order valence-corrected chi connectivity index (χ1v) is 5.70. The summed E-state index contributed by atoms with van der Waals surface area (Å²) in [5, 5.41) is 13.3. The van der Waals surface area contributed by atoms with Gasteiger partial charge in [0.1, 0.15) is 0 Å². The van der Waals surface area contributed by atoms with Crippen LogP contribution in [0.3, 0.4) is 0 Å². The number of amides is 1. The second kappa shape index (κ2) is 7.70. The Kier molecular flexibility index (Phi) is 7.03. The number of nitro benzene ring substituents is 1. The summed E-state index contributed by atoms with van der Waals surface area (Å²) >= 11 is 0. The Bertz CT molecular complexity index is 464. The molecule has 0 bridgehead atoms. The summed E-state index contributed by atoms with van der Waals surface area (Å²) in [4.78, 5) is 21.9. The van der Waals surface area contributed by atoms with Gasteiger partial charge in [0.25, 0.3) is 11.6 Å². The number of hydrogen-bond donors (Lipinski definition) is 2. The lowest BCUT2D eigenvalue weighted by molar-refractivity contribution is -0.384. The number of carbonyl (C=O) groups excluding carboxylic acids is 1. The van der Waals surface area contributed by atoms with E-state index in [-0.39, 0.29) is 30.0 Å². The molecule has 19 heavy (non-hydrogen) atoms. The lowest BCUT2D eigenvalue weighted by atomic mass is 10.1. The fourth-order valence-corrected chi connectivity index (χ4v) is 1.52. The zero-order valence-corrected chi connectivity index (χ0v) is 11.7. The number of nitrogens with zero attached hydrogens (tertiary/aromatic N) is 1. The van der Waals surface area contributed by atoms with E-state index in [2.05, 4.69) is 5.32 Å². The molecule has 0 spiro atoms. The van der Waals surface area contributed by atoms with Gasteiger partial charge >= 0.3 is 0 Å². The monoisotopic (exact) mass is 287 g/mol. The van der Waals surface area contributed by atoms with Crippen molar-refractivity contribution in [2.45, 2.75) is 26.3 Å². The van der Waals surface area contributed by atoms with Crippen molar-refractivity contribution >= 4 is 24.0 Å². The predicted octanol–water partition coefficient (Wildman–Crippen LogP) is 1.79. The number of halogens is 1. The number of benzene rings is 1. The molecule has 0 saturated heterocycles. The van der Waals surface area contributed by atoms with Crippen LogP contribution in [0.5, 0.6) is 0 Å². The average molecular weight is 288 g/mol. The Labute approximate surface area is 117 Å². The van der Waals surface area contributed by atoms with Gasteiger partial charge in [-0.3, -0.25) is 14.9 Å². The van der Waals surface area contributed by atoms with Crippen molar-refractivity contribution < 1.29 is 9.72 Å². The van der Waals surface area contributed by atoms with Crippen molar-refractivity contribution in [2.75, 3.05) is 6.54 Å². The van der Waals surface area contributed by atoms with E-state index in [1.165, 1.54) is 18.2 Å². The standard InChI is InChI=1S/C12H17N3O3.ClH/c1-8-7-10(15(17)18)3-4-11(8)12(16)14-6-5-9(2)13;/h3-4,7,9H,5-6,13H2,1-2H3,(H,14,16);1H. The molecule has 6 nitrogen and oxygen atoms in total. The van der Waals surface area contributed by atoms with Gasteiger partial charge in [-0.05, 0) is 31.9 Å². The van der Waals surface area contributed by atoms with Crippen LogP contribution in [0.25, 0.3) is 0 Å². The minimum absolute atomic E-state index is 0. The normalized spacial score (nSPS) is 11.3. The summed E-state index contributed by atoms with van der Waals surface area (Å²) in [6.07, 6.45) is 0.692. The van der Waals surface area contributed by atoms with Crippen LogP contribution in [0.4, 0.5) is 5.69 Å². The maximum atomic E-state index is 11.8. The van der Waals surface area contributed by atoms with Gasteiger partial charge in [0.2, 0.25) is 0 Å². The van der Waals surface area contributed by atoms with Crippen LogP contribution in [0.2, 0.25) is 0 Å². The quantitative estimate of drug-likeness (QED) is 0.637. The summed E-state index contributed by atoms with van der Waals surface area (Å²) in [5.41, 5.74) is 6.59. The smallest absolute Gasteiger partial charge is 0.269 e. The minimum Gasteiger partial charge on any atom is -0.352 e. The minimum atomic E-state index is -0.481. The van der Waals surface area contributed by atoms with Crippen molar-refractivity contribution in [3.8, 4) is 0 Å². The highest BCUT2D eigenvalue weighted by molar-refractivity contribution is 5.95. The summed E-state index contributed by atoms with van der Waals surface area (Å²) < 4.78 is 0.